The van der Waals surface area contributed by atoms with Crippen molar-refractivity contribution in [2.45, 2.75) is 27.2 Å². The minimum absolute atomic E-state index is 0.732. The van der Waals surface area contributed by atoms with Crippen LogP contribution in [0.4, 0.5) is 0 Å². The van der Waals surface area contributed by atoms with E-state index in [1.807, 2.05) is 6.92 Å². The van der Waals surface area contributed by atoms with Gasteiger partial charge in [0.2, 0.25) is 0 Å². The van der Waals surface area contributed by atoms with Crippen LogP contribution in [0.2, 0.25) is 0 Å². The van der Waals surface area contributed by atoms with Gasteiger partial charge in [-0.05, 0) is 43.5 Å². The second-order valence-electron chi connectivity index (χ2n) is 3.00. The van der Waals surface area contributed by atoms with Crippen LogP contribution in [0.15, 0.2) is 16.6 Å². The van der Waals surface area contributed by atoms with E-state index in [1.165, 1.54) is 11.1 Å². The number of ether oxygens (including phenoxy) is 1. The van der Waals surface area contributed by atoms with Crippen molar-refractivity contribution >= 4 is 15.9 Å². The molecule has 0 aliphatic carbocycles. The van der Waals surface area contributed by atoms with Crippen molar-refractivity contribution in [2.75, 3.05) is 6.61 Å². The molecule has 0 spiro atoms. The molecule has 0 amide bonds. The molecule has 0 aromatic heterocycles. The highest BCUT2D eigenvalue weighted by Crippen LogP contribution is 2.28. The lowest BCUT2D eigenvalue weighted by Crippen LogP contribution is -1.98. The van der Waals surface area contributed by atoms with E-state index in [9.17, 15) is 0 Å². The summed E-state index contributed by atoms with van der Waals surface area (Å²) in [5.74, 6) is 1.05. The zero-order chi connectivity index (χ0) is 9.84. The van der Waals surface area contributed by atoms with Crippen molar-refractivity contribution < 1.29 is 4.74 Å². The van der Waals surface area contributed by atoms with Crippen LogP contribution in [0.5, 0.6) is 5.75 Å². The molecule has 2 heteroatoms. The molecule has 1 nitrogen and oxygen atoms in total. The summed E-state index contributed by atoms with van der Waals surface area (Å²) in [6, 6.07) is 4.21. The molecule has 1 aromatic rings. The normalized spacial score (nSPS) is 10.2. The van der Waals surface area contributed by atoms with Gasteiger partial charge in [-0.2, -0.15) is 0 Å². The van der Waals surface area contributed by atoms with E-state index in [1.54, 1.807) is 0 Å². The fourth-order valence-corrected chi connectivity index (χ4v) is 2.03. The molecule has 13 heavy (non-hydrogen) atoms. The van der Waals surface area contributed by atoms with Gasteiger partial charge in [0.25, 0.3) is 0 Å². The lowest BCUT2D eigenvalue weighted by atomic mass is 10.1. The first kappa shape index (κ1) is 10.6. The Labute approximate surface area is 88.2 Å². The summed E-state index contributed by atoms with van der Waals surface area (Å²) < 4.78 is 6.72. The van der Waals surface area contributed by atoms with Crippen LogP contribution in [-0.4, -0.2) is 6.61 Å². The van der Waals surface area contributed by atoms with Gasteiger partial charge in [0, 0.05) is 4.47 Å². The van der Waals surface area contributed by atoms with E-state index in [4.69, 9.17) is 4.74 Å². The molecule has 0 unspecified atom stereocenters. The average molecular weight is 243 g/mol. The Morgan fingerprint density at radius 3 is 2.54 bits per heavy atom. The highest BCUT2D eigenvalue weighted by Gasteiger charge is 2.06. The van der Waals surface area contributed by atoms with E-state index in [2.05, 4.69) is 41.9 Å². The first-order valence-corrected chi connectivity index (χ1v) is 5.40. The summed E-state index contributed by atoms with van der Waals surface area (Å²) in [5.41, 5.74) is 2.47. The number of halogens is 1. The predicted molar refractivity (Wildman–Crippen MR) is 59.4 cm³/mol. The first-order valence-electron chi connectivity index (χ1n) is 4.60. The first-order chi connectivity index (χ1) is 6.19. The number of hydrogen-bond acceptors (Lipinski definition) is 1. The minimum atomic E-state index is 0.732. The van der Waals surface area contributed by atoms with E-state index in [0.29, 0.717) is 0 Å². The predicted octanol–water partition coefficient (Wildman–Crippen LogP) is 3.72. The monoisotopic (exact) mass is 242 g/mol. The van der Waals surface area contributed by atoms with Gasteiger partial charge >= 0.3 is 0 Å². The highest BCUT2D eigenvalue weighted by atomic mass is 79.9. The number of hydrogen-bond donors (Lipinski definition) is 0. The summed E-state index contributed by atoms with van der Waals surface area (Å²) in [4.78, 5) is 0. The third-order valence-electron chi connectivity index (χ3n) is 1.99. The molecular formula is C11H15BrO. The van der Waals surface area contributed by atoms with Crippen LogP contribution < -0.4 is 4.74 Å². The topological polar surface area (TPSA) is 9.23 Å². The molecule has 0 aliphatic rings. The van der Waals surface area contributed by atoms with Crippen molar-refractivity contribution in [3.63, 3.8) is 0 Å². The summed E-state index contributed by atoms with van der Waals surface area (Å²) in [6.45, 7) is 6.97. The molecular weight excluding hydrogens is 228 g/mol. The van der Waals surface area contributed by atoms with Crippen LogP contribution >= 0.6 is 15.9 Å². The third kappa shape index (κ3) is 2.47. The lowest BCUT2D eigenvalue weighted by Gasteiger charge is -2.12. The Bertz CT molecular complexity index is 294. The van der Waals surface area contributed by atoms with Crippen LogP contribution in [0.3, 0.4) is 0 Å². The standard InChI is InChI=1S/C11H15BrO/c1-4-9-7-10(12)6-8(3)11(9)13-5-2/h6-7H,4-5H2,1-3H3. The quantitative estimate of drug-likeness (QED) is 0.786. The molecule has 0 atom stereocenters. The van der Waals surface area contributed by atoms with Crippen molar-refractivity contribution in [3.8, 4) is 5.75 Å². The van der Waals surface area contributed by atoms with Gasteiger partial charge in [-0.15, -0.1) is 0 Å². The maximum absolute atomic E-state index is 5.59. The fraction of sp³-hybridized carbons (Fsp3) is 0.455. The fourth-order valence-electron chi connectivity index (χ4n) is 1.41. The molecule has 0 bridgehead atoms. The van der Waals surface area contributed by atoms with Crippen LogP contribution in [-0.2, 0) is 6.42 Å². The number of aryl methyl sites for hydroxylation is 2. The molecule has 0 fully saturated rings. The Kier molecular flexibility index (Phi) is 3.79. The van der Waals surface area contributed by atoms with E-state index >= 15 is 0 Å². The molecule has 0 radical (unpaired) electrons. The minimum Gasteiger partial charge on any atom is -0.493 e. The van der Waals surface area contributed by atoms with Crippen LogP contribution in [0.1, 0.15) is 25.0 Å². The van der Waals surface area contributed by atoms with E-state index in [0.717, 1.165) is 23.2 Å². The van der Waals surface area contributed by atoms with Gasteiger partial charge < -0.3 is 4.74 Å². The van der Waals surface area contributed by atoms with Gasteiger partial charge in [-0.3, -0.25) is 0 Å². The Morgan fingerprint density at radius 1 is 1.31 bits per heavy atom. The zero-order valence-electron chi connectivity index (χ0n) is 8.36. The zero-order valence-corrected chi connectivity index (χ0v) is 9.94. The van der Waals surface area contributed by atoms with Gasteiger partial charge in [0.1, 0.15) is 5.75 Å². The molecule has 0 saturated heterocycles. The summed E-state index contributed by atoms with van der Waals surface area (Å²) in [6.07, 6.45) is 1.01. The van der Waals surface area contributed by atoms with Crippen molar-refractivity contribution in [1.29, 1.82) is 0 Å². The number of rotatable bonds is 3. The van der Waals surface area contributed by atoms with E-state index in [-0.39, 0.29) is 0 Å². The van der Waals surface area contributed by atoms with Gasteiger partial charge in [0.15, 0.2) is 0 Å². The maximum atomic E-state index is 5.59. The summed E-state index contributed by atoms with van der Waals surface area (Å²) >= 11 is 3.48. The second-order valence-corrected chi connectivity index (χ2v) is 3.91. The molecule has 0 aliphatic heterocycles. The SMILES string of the molecule is CCOc1c(C)cc(Br)cc1CC. The summed E-state index contributed by atoms with van der Waals surface area (Å²) in [5, 5.41) is 0. The second kappa shape index (κ2) is 4.66. The molecule has 1 aromatic carbocycles. The molecule has 72 valence electrons. The van der Waals surface area contributed by atoms with Crippen molar-refractivity contribution in [2.24, 2.45) is 0 Å². The van der Waals surface area contributed by atoms with Gasteiger partial charge in [0.05, 0.1) is 6.61 Å². The van der Waals surface area contributed by atoms with Crippen molar-refractivity contribution in [3.05, 3.63) is 27.7 Å². The lowest BCUT2D eigenvalue weighted by molar-refractivity contribution is 0.334. The van der Waals surface area contributed by atoms with Gasteiger partial charge in [-0.1, -0.05) is 22.9 Å². The summed E-state index contributed by atoms with van der Waals surface area (Å²) in [7, 11) is 0. The largest absolute Gasteiger partial charge is 0.493 e. The molecule has 0 N–H and O–H groups in total. The molecule has 1 rings (SSSR count). The van der Waals surface area contributed by atoms with Gasteiger partial charge in [-0.25, -0.2) is 0 Å². The molecule has 0 heterocycles. The van der Waals surface area contributed by atoms with Crippen LogP contribution in [0, 0.1) is 6.92 Å². The third-order valence-corrected chi connectivity index (χ3v) is 2.44. The van der Waals surface area contributed by atoms with Crippen LogP contribution in [0.25, 0.3) is 0 Å². The molecule has 0 saturated carbocycles. The van der Waals surface area contributed by atoms with Crippen molar-refractivity contribution in [1.82, 2.24) is 0 Å². The number of benzene rings is 1. The average Bonchev–Trinajstić information content (AvgIpc) is 2.09. The Hall–Kier alpha value is -0.500. The Balaban J connectivity index is 3.13. The van der Waals surface area contributed by atoms with E-state index < -0.39 is 0 Å². The Morgan fingerprint density at radius 2 is 2.00 bits per heavy atom. The smallest absolute Gasteiger partial charge is 0.125 e. The highest BCUT2D eigenvalue weighted by molar-refractivity contribution is 9.10. The maximum Gasteiger partial charge on any atom is 0.125 e.